The van der Waals surface area contributed by atoms with E-state index in [0.29, 0.717) is 12.0 Å². The molecule has 0 saturated carbocycles. The van der Waals surface area contributed by atoms with Crippen LogP contribution < -0.4 is 5.32 Å². The molecule has 3 nitrogen and oxygen atoms in total. The molecular formula is C10H16N2OS. The van der Waals surface area contributed by atoms with E-state index in [9.17, 15) is 0 Å². The van der Waals surface area contributed by atoms with Crippen LogP contribution in [0.4, 0.5) is 0 Å². The highest BCUT2D eigenvalue weighted by Gasteiger charge is 2.26. The Labute approximate surface area is 88.5 Å². The van der Waals surface area contributed by atoms with Crippen LogP contribution in [0.15, 0.2) is 6.20 Å². The summed E-state index contributed by atoms with van der Waals surface area (Å²) in [5.74, 6) is 0.611. The first-order valence-corrected chi connectivity index (χ1v) is 5.80. The molecule has 4 heteroatoms. The third-order valence-electron chi connectivity index (χ3n) is 2.69. The molecular weight excluding hydrogens is 196 g/mol. The Morgan fingerprint density at radius 1 is 1.71 bits per heavy atom. The molecule has 1 aliphatic heterocycles. The molecule has 2 rings (SSSR count). The molecule has 2 heterocycles. The van der Waals surface area contributed by atoms with Gasteiger partial charge in [-0.05, 0) is 20.4 Å². The minimum Gasteiger partial charge on any atom is -0.381 e. The number of nitrogens with one attached hydrogen (secondary N) is 1. The van der Waals surface area contributed by atoms with E-state index in [0.717, 1.165) is 24.6 Å². The molecule has 0 radical (unpaired) electrons. The third kappa shape index (κ3) is 1.97. The molecule has 0 spiro atoms. The molecule has 0 aliphatic carbocycles. The van der Waals surface area contributed by atoms with E-state index in [1.807, 2.05) is 20.2 Å². The zero-order valence-electron chi connectivity index (χ0n) is 8.62. The first-order chi connectivity index (χ1) is 6.81. The van der Waals surface area contributed by atoms with Gasteiger partial charge in [-0.25, -0.2) is 4.98 Å². The Hall–Kier alpha value is -0.450. The summed E-state index contributed by atoms with van der Waals surface area (Å²) in [6, 6.07) is 0.420. The van der Waals surface area contributed by atoms with Crippen LogP contribution in [0.5, 0.6) is 0 Å². The van der Waals surface area contributed by atoms with E-state index >= 15 is 0 Å². The van der Waals surface area contributed by atoms with Gasteiger partial charge in [0, 0.05) is 29.6 Å². The van der Waals surface area contributed by atoms with Crippen LogP contribution in [0.3, 0.4) is 0 Å². The topological polar surface area (TPSA) is 34.2 Å². The summed E-state index contributed by atoms with van der Waals surface area (Å²) in [6.07, 6.45) is 3.14. The predicted molar refractivity (Wildman–Crippen MR) is 57.6 cm³/mol. The Kier molecular flexibility index (Phi) is 3.15. The summed E-state index contributed by atoms with van der Waals surface area (Å²) in [5, 5.41) is 4.50. The van der Waals surface area contributed by atoms with Crippen LogP contribution in [0.25, 0.3) is 0 Å². The van der Waals surface area contributed by atoms with Crippen LogP contribution in [-0.4, -0.2) is 25.2 Å². The van der Waals surface area contributed by atoms with Crippen LogP contribution >= 0.6 is 11.3 Å². The fourth-order valence-corrected chi connectivity index (χ4v) is 2.94. The first-order valence-electron chi connectivity index (χ1n) is 4.98. The second-order valence-corrected chi connectivity index (χ2v) is 4.94. The van der Waals surface area contributed by atoms with Crippen molar-refractivity contribution in [3.63, 3.8) is 0 Å². The summed E-state index contributed by atoms with van der Waals surface area (Å²) >= 11 is 1.78. The minimum atomic E-state index is 0.420. The van der Waals surface area contributed by atoms with Gasteiger partial charge in [0.2, 0.25) is 0 Å². The molecule has 1 aromatic heterocycles. The lowest BCUT2D eigenvalue weighted by Gasteiger charge is -2.19. The molecule has 1 fully saturated rings. The van der Waals surface area contributed by atoms with Crippen LogP contribution in [0.2, 0.25) is 0 Å². The summed E-state index contributed by atoms with van der Waals surface area (Å²) in [5.41, 5.74) is 0. The first kappa shape index (κ1) is 10.1. The number of rotatable bonds is 3. The van der Waals surface area contributed by atoms with Gasteiger partial charge in [0.15, 0.2) is 0 Å². The van der Waals surface area contributed by atoms with Crippen LogP contribution in [0.1, 0.15) is 22.3 Å². The van der Waals surface area contributed by atoms with Gasteiger partial charge < -0.3 is 10.1 Å². The Morgan fingerprint density at radius 3 is 3.07 bits per heavy atom. The molecule has 0 aromatic carbocycles. The van der Waals surface area contributed by atoms with Gasteiger partial charge in [0.1, 0.15) is 0 Å². The summed E-state index contributed by atoms with van der Waals surface area (Å²) in [6.45, 7) is 3.83. The maximum absolute atomic E-state index is 5.41. The lowest BCUT2D eigenvalue weighted by Crippen LogP contribution is -2.24. The van der Waals surface area contributed by atoms with Crippen molar-refractivity contribution >= 4 is 11.3 Å². The molecule has 1 saturated heterocycles. The summed E-state index contributed by atoms with van der Waals surface area (Å²) < 4.78 is 5.41. The highest BCUT2D eigenvalue weighted by Crippen LogP contribution is 2.31. The number of ether oxygens (including phenoxy) is 1. The molecule has 0 bridgehead atoms. The maximum atomic E-state index is 5.41. The molecule has 0 amide bonds. The summed E-state index contributed by atoms with van der Waals surface area (Å²) in [7, 11) is 2.01. The molecule has 14 heavy (non-hydrogen) atoms. The van der Waals surface area contributed by atoms with E-state index < -0.39 is 0 Å². The van der Waals surface area contributed by atoms with E-state index in [1.54, 1.807) is 11.3 Å². The maximum Gasteiger partial charge on any atom is 0.0897 e. The van der Waals surface area contributed by atoms with E-state index in [1.165, 1.54) is 4.88 Å². The quantitative estimate of drug-likeness (QED) is 0.829. The van der Waals surface area contributed by atoms with Crippen molar-refractivity contribution in [2.45, 2.75) is 19.4 Å². The van der Waals surface area contributed by atoms with Gasteiger partial charge in [-0.15, -0.1) is 11.3 Å². The van der Waals surface area contributed by atoms with Crippen molar-refractivity contribution in [2.24, 2.45) is 5.92 Å². The lowest BCUT2D eigenvalue weighted by molar-refractivity contribution is 0.178. The third-order valence-corrected chi connectivity index (χ3v) is 3.69. The van der Waals surface area contributed by atoms with Crippen molar-refractivity contribution in [1.29, 1.82) is 0 Å². The molecule has 1 N–H and O–H groups in total. The number of nitrogens with zero attached hydrogens (tertiary/aromatic N) is 1. The van der Waals surface area contributed by atoms with Gasteiger partial charge in [-0.2, -0.15) is 0 Å². The van der Waals surface area contributed by atoms with Gasteiger partial charge in [0.05, 0.1) is 11.6 Å². The molecule has 2 unspecified atom stereocenters. The zero-order valence-corrected chi connectivity index (χ0v) is 9.43. The van der Waals surface area contributed by atoms with E-state index in [2.05, 4.69) is 10.3 Å². The average Bonchev–Trinajstić information content (AvgIpc) is 2.79. The number of thiazole rings is 1. The lowest BCUT2D eigenvalue weighted by atomic mass is 9.98. The highest BCUT2D eigenvalue weighted by molar-refractivity contribution is 7.11. The van der Waals surface area contributed by atoms with Gasteiger partial charge in [-0.1, -0.05) is 0 Å². The fourth-order valence-electron chi connectivity index (χ4n) is 1.95. The molecule has 1 aliphatic rings. The molecule has 78 valence electrons. The van der Waals surface area contributed by atoms with Crippen molar-refractivity contribution in [1.82, 2.24) is 10.3 Å². The van der Waals surface area contributed by atoms with Gasteiger partial charge in [-0.3, -0.25) is 0 Å². The highest BCUT2D eigenvalue weighted by atomic mass is 32.1. The Morgan fingerprint density at radius 2 is 2.57 bits per heavy atom. The predicted octanol–water partition coefficient (Wildman–Crippen LogP) is 1.75. The number of aryl methyl sites for hydroxylation is 1. The minimum absolute atomic E-state index is 0.420. The number of hydrogen-bond donors (Lipinski definition) is 1. The van der Waals surface area contributed by atoms with Crippen molar-refractivity contribution in [3.05, 3.63) is 16.1 Å². The Bertz CT molecular complexity index is 294. The molecule has 2 atom stereocenters. The van der Waals surface area contributed by atoms with Crippen molar-refractivity contribution in [2.75, 3.05) is 20.3 Å². The summed E-state index contributed by atoms with van der Waals surface area (Å²) in [4.78, 5) is 5.63. The van der Waals surface area contributed by atoms with Gasteiger partial charge >= 0.3 is 0 Å². The largest absolute Gasteiger partial charge is 0.381 e. The zero-order chi connectivity index (χ0) is 9.97. The van der Waals surface area contributed by atoms with E-state index in [4.69, 9.17) is 4.74 Å². The Balaban J connectivity index is 2.12. The standard InChI is InChI=1S/C10H16N2OS/c1-7-12-5-9(14-7)10(11-2)8-3-4-13-6-8/h5,8,10-11H,3-4,6H2,1-2H3. The SMILES string of the molecule is CNC(c1cnc(C)s1)C1CCOC1. The number of hydrogen-bond acceptors (Lipinski definition) is 4. The van der Waals surface area contributed by atoms with Crippen LogP contribution in [-0.2, 0) is 4.74 Å². The molecule has 1 aromatic rings. The van der Waals surface area contributed by atoms with E-state index in [-0.39, 0.29) is 0 Å². The fraction of sp³-hybridized carbons (Fsp3) is 0.700. The average molecular weight is 212 g/mol. The number of aromatic nitrogens is 1. The van der Waals surface area contributed by atoms with Gasteiger partial charge in [0.25, 0.3) is 0 Å². The normalized spacial score (nSPS) is 24.0. The monoisotopic (exact) mass is 212 g/mol. The smallest absolute Gasteiger partial charge is 0.0897 e. The van der Waals surface area contributed by atoms with Crippen molar-refractivity contribution < 1.29 is 4.74 Å². The second kappa shape index (κ2) is 4.38. The van der Waals surface area contributed by atoms with Crippen LogP contribution in [0, 0.1) is 12.8 Å². The second-order valence-electron chi connectivity index (χ2n) is 3.67. The van der Waals surface area contributed by atoms with Crippen molar-refractivity contribution in [3.8, 4) is 0 Å².